The van der Waals surface area contributed by atoms with E-state index in [4.69, 9.17) is 0 Å². The molecule has 2 rings (SSSR count). The van der Waals surface area contributed by atoms with Gasteiger partial charge in [0.2, 0.25) is 6.04 Å². The minimum atomic E-state index is -1.46. The summed E-state index contributed by atoms with van der Waals surface area (Å²) in [7, 11) is 0. The number of benzene rings is 1. The fourth-order valence-corrected chi connectivity index (χ4v) is 4.02. The van der Waals surface area contributed by atoms with Crippen molar-refractivity contribution in [2.45, 2.75) is 58.0 Å². The lowest BCUT2D eigenvalue weighted by Gasteiger charge is -2.51. The summed E-state index contributed by atoms with van der Waals surface area (Å²) in [6, 6.07) is 5.82. The van der Waals surface area contributed by atoms with E-state index < -0.39 is 28.7 Å². The molecule has 28 heavy (non-hydrogen) atoms. The van der Waals surface area contributed by atoms with Gasteiger partial charge in [-0.2, -0.15) is 0 Å². The number of piperazine rings is 1. The zero-order valence-electron chi connectivity index (χ0n) is 17.0. The second kappa shape index (κ2) is 10.5. The molecule has 156 valence electrons. The van der Waals surface area contributed by atoms with E-state index in [1.54, 1.807) is 30.3 Å². The number of rotatable bonds is 9. The molecule has 0 aliphatic carbocycles. The number of hydrogen-bond acceptors (Lipinski definition) is 4. The highest BCUT2D eigenvalue weighted by atomic mass is 16.6. The van der Waals surface area contributed by atoms with E-state index in [9.17, 15) is 19.9 Å². The molecule has 1 heterocycles. The number of carbonyl (C=O) groups excluding carboxylic acids is 1. The summed E-state index contributed by atoms with van der Waals surface area (Å²) in [6.07, 6.45) is 3.49. The quantitative estimate of drug-likeness (QED) is 0.496. The third-order valence-corrected chi connectivity index (χ3v) is 5.47. The first-order chi connectivity index (χ1) is 13.5. The van der Waals surface area contributed by atoms with Gasteiger partial charge in [0.05, 0.1) is 6.04 Å². The minimum absolute atomic E-state index is 0.381. The van der Waals surface area contributed by atoms with Crippen molar-refractivity contribution >= 4 is 12.0 Å². The van der Waals surface area contributed by atoms with E-state index in [0.29, 0.717) is 44.6 Å². The monoisotopic (exact) mass is 391 g/mol. The highest BCUT2D eigenvalue weighted by molar-refractivity contribution is 5.79. The van der Waals surface area contributed by atoms with Crippen molar-refractivity contribution in [3.8, 4) is 0 Å². The van der Waals surface area contributed by atoms with Gasteiger partial charge in [0.15, 0.2) is 0 Å². The maximum absolute atomic E-state index is 14.4. The molecule has 1 fully saturated rings. The maximum Gasteiger partial charge on any atom is 0.420 e. The van der Waals surface area contributed by atoms with Crippen LogP contribution in [0.2, 0.25) is 0 Å². The van der Waals surface area contributed by atoms with Crippen LogP contribution in [0.1, 0.15) is 57.6 Å². The average molecular weight is 392 g/mol. The number of nitrogens with zero attached hydrogens (tertiary/aromatic N) is 2. The van der Waals surface area contributed by atoms with Crippen molar-refractivity contribution in [1.29, 1.82) is 0 Å². The number of hydrogen-bond donors (Lipinski definition) is 2. The standard InChI is InChI=1S/C21H33N3O4/c1-3-5-12-18(9-4-2)24(28,21(27)23-15-13-22-14-16-23)19(20(25)26)17-10-7-6-8-11-17/h6-8,10-11,18-19,22H,3-5,9,12-16H2,1-2H3,(H,25,26). The number of urea groups is 1. The second-order valence-corrected chi connectivity index (χ2v) is 7.47. The molecule has 1 aliphatic rings. The number of carbonyl (C=O) groups is 2. The van der Waals surface area contributed by atoms with Gasteiger partial charge in [-0.1, -0.05) is 57.0 Å². The van der Waals surface area contributed by atoms with Crippen LogP contribution in [0.5, 0.6) is 0 Å². The van der Waals surface area contributed by atoms with E-state index in [-0.39, 0.29) is 0 Å². The van der Waals surface area contributed by atoms with Gasteiger partial charge in [0.1, 0.15) is 0 Å². The van der Waals surface area contributed by atoms with Crippen LogP contribution in [0.4, 0.5) is 4.79 Å². The first-order valence-electron chi connectivity index (χ1n) is 10.3. The fraction of sp³-hybridized carbons (Fsp3) is 0.619. The van der Waals surface area contributed by atoms with Crippen molar-refractivity contribution < 1.29 is 19.3 Å². The summed E-state index contributed by atoms with van der Waals surface area (Å²) in [5, 5.41) is 27.6. The van der Waals surface area contributed by atoms with Crippen LogP contribution in [0, 0.1) is 5.21 Å². The van der Waals surface area contributed by atoms with Gasteiger partial charge in [0.25, 0.3) is 0 Å². The maximum atomic E-state index is 14.4. The molecule has 0 radical (unpaired) electrons. The second-order valence-electron chi connectivity index (χ2n) is 7.47. The zero-order chi connectivity index (χ0) is 20.6. The highest BCUT2D eigenvalue weighted by Crippen LogP contribution is 2.37. The molecule has 7 nitrogen and oxygen atoms in total. The third-order valence-electron chi connectivity index (χ3n) is 5.47. The van der Waals surface area contributed by atoms with Crippen molar-refractivity contribution in [1.82, 2.24) is 10.2 Å². The fourth-order valence-electron chi connectivity index (χ4n) is 4.02. The molecule has 1 aromatic carbocycles. The predicted octanol–water partition coefficient (Wildman–Crippen LogP) is 3.51. The van der Waals surface area contributed by atoms with Gasteiger partial charge in [-0.25, -0.2) is 9.59 Å². The lowest BCUT2D eigenvalue weighted by Crippen LogP contribution is -2.65. The third kappa shape index (κ3) is 4.90. The van der Waals surface area contributed by atoms with E-state index in [0.717, 1.165) is 19.3 Å². The Bertz CT molecular complexity index is 634. The van der Waals surface area contributed by atoms with Crippen LogP contribution in [0.3, 0.4) is 0 Å². The molecule has 3 atom stereocenters. The molecule has 1 aliphatic heterocycles. The van der Waals surface area contributed by atoms with Crippen molar-refractivity contribution in [3.05, 3.63) is 41.1 Å². The van der Waals surface area contributed by atoms with Crippen LogP contribution in [-0.4, -0.2) is 58.9 Å². The lowest BCUT2D eigenvalue weighted by atomic mass is 9.97. The number of hydroxylamine groups is 3. The minimum Gasteiger partial charge on any atom is -0.623 e. The van der Waals surface area contributed by atoms with Gasteiger partial charge in [-0.05, 0) is 6.42 Å². The topological polar surface area (TPSA) is 92.7 Å². The summed E-state index contributed by atoms with van der Waals surface area (Å²) in [5.74, 6) is -1.25. The Hall–Kier alpha value is -1.96. The number of quaternary nitrogens is 1. The van der Waals surface area contributed by atoms with Crippen LogP contribution < -0.4 is 5.32 Å². The summed E-state index contributed by atoms with van der Waals surface area (Å²) in [6.45, 7) is 6.08. The summed E-state index contributed by atoms with van der Waals surface area (Å²) in [5.41, 5.74) is 0.381. The van der Waals surface area contributed by atoms with Crippen LogP contribution >= 0.6 is 0 Å². The van der Waals surface area contributed by atoms with Crippen molar-refractivity contribution in [3.63, 3.8) is 0 Å². The molecule has 2 amide bonds. The van der Waals surface area contributed by atoms with Gasteiger partial charge in [0, 0.05) is 44.6 Å². The van der Waals surface area contributed by atoms with E-state index in [1.807, 2.05) is 13.8 Å². The van der Waals surface area contributed by atoms with Gasteiger partial charge < -0.3 is 15.6 Å². The molecule has 1 saturated heterocycles. The molecular formula is C21H33N3O4. The number of amides is 2. The normalized spacial score (nSPS) is 18.9. The molecule has 0 saturated carbocycles. The van der Waals surface area contributed by atoms with Gasteiger partial charge in [-0.3, -0.25) is 9.55 Å². The molecule has 1 aromatic rings. The van der Waals surface area contributed by atoms with Crippen LogP contribution in [0.15, 0.2) is 30.3 Å². The Kier molecular flexibility index (Phi) is 8.41. The molecule has 0 aromatic heterocycles. The summed E-state index contributed by atoms with van der Waals surface area (Å²) >= 11 is 0. The summed E-state index contributed by atoms with van der Waals surface area (Å²) < 4.78 is -1.34. The Balaban J connectivity index is 2.53. The van der Waals surface area contributed by atoms with E-state index in [1.165, 1.54) is 4.90 Å². The number of unbranched alkanes of at least 4 members (excludes halogenated alkanes) is 1. The molecule has 3 unspecified atom stereocenters. The Morgan fingerprint density at radius 2 is 1.79 bits per heavy atom. The van der Waals surface area contributed by atoms with Gasteiger partial charge >= 0.3 is 12.0 Å². The Morgan fingerprint density at radius 1 is 1.14 bits per heavy atom. The molecule has 2 N–H and O–H groups in total. The van der Waals surface area contributed by atoms with Crippen LogP contribution in [0.25, 0.3) is 0 Å². The smallest absolute Gasteiger partial charge is 0.420 e. The Labute approximate surface area is 167 Å². The van der Waals surface area contributed by atoms with E-state index >= 15 is 0 Å². The zero-order valence-corrected chi connectivity index (χ0v) is 17.0. The lowest BCUT2D eigenvalue weighted by molar-refractivity contribution is -0.854. The van der Waals surface area contributed by atoms with Crippen molar-refractivity contribution in [2.75, 3.05) is 26.2 Å². The number of carboxylic acids is 1. The van der Waals surface area contributed by atoms with Crippen molar-refractivity contribution in [2.24, 2.45) is 0 Å². The molecule has 0 spiro atoms. The Morgan fingerprint density at radius 3 is 2.32 bits per heavy atom. The highest BCUT2D eigenvalue weighted by Gasteiger charge is 2.49. The predicted molar refractivity (Wildman–Crippen MR) is 109 cm³/mol. The first kappa shape index (κ1) is 22.3. The molecule has 7 heteroatoms. The summed E-state index contributed by atoms with van der Waals surface area (Å²) in [4.78, 5) is 27.4. The number of aliphatic carboxylic acids is 1. The number of nitrogens with one attached hydrogen (secondary N) is 1. The van der Waals surface area contributed by atoms with E-state index in [2.05, 4.69) is 5.32 Å². The molecular weight excluding hydrogens is 358 g/mol. The van der Waals surface area contributed by atoms with Gasteiger partial charge in [-0.15, -0.1) is 0 Å². The number of carboxylic acid groups (broad SMARTS) is 1. The largest absolute Gasteiger partial charge is 0.623 e. The first-order valence-corrected chi connectivity index (χ1v) is 10.3. The molecule has 0 bridgehead atoms. The average Bonchev–Trinajstić information content (AvgIpc) is 2.71. The SMILES string of the molecule is CCCCC(CCC)[N+]([O-])(C(=O)N1CCNCC1)C(C(=O)O)c1ccccc1. The van der Waals surface area contributed by atoms with Crippen LogP contribution in [-0.2, 0) is 4.79 Å².